The van der Waals surface area contributed by atoms with Crippen LogP contribution in [0.3, 0.4) is 0 Å². The van der Waals surface area contributed by atoms with E-state index in [-0.39, 0.29) is 11.3 Å². The Hall–Kier alpha value is -1.36. The standard InChI is InChI=1S/C15H24N2O2S.C2H6/c1-6-17(8-7-16-10-18)14(19)12-9-13(15(3,4)5)20-11(12)2;1-2/h9-10H,6-8H2,1-5H3,(H,16,18);1-2H3. The van der Waals surface area contributed by atoms with Gasteiger partial charge in [-0.1, -0.05) is 34.6 Å². The van der Waals surface area contributed by atoms with Gasteiger partial charge in [-0.2, -0.15) is 0 Å². The van der Waals surface area contributed by atoms with E-state index in [2.05, 4.69) is 26.1 Å². The van der Waals surface area contributed by atoms with Gasteiger partial charge in [-0.25, -0.2) is 0 Å². The highest BCUT2D eigenvalue weighted by molar-refractivity contribution is 7.12. The summed E-state index contributed by atoms with van der Waals surface area (Å²) in [6.07, 6.45) is 0.659. The van der Waals surface area contributed by atoms with Crippen molar-refractivity contribution in [1.82, 2.24) is 10.2 Å². The summed E-state index contributed by atoms with van der Waals surface area (Å²) in [7, 11) is 0. The SMILES string of the molecule is CC.CCN(CCNC=O)C(=O)c1cc(C(C)(C)C)sc1C. The molecule has 0 saturated heterocycles. The molecule has 0 atom stereocenters. The van der Waals surface area contributed by atoms with Crippen LogP contribution >= 0.6 is 11.3 Å². The number of thiophene rings is 1. The molecule has 1 aromatic heterocycles. The molecule has 0 aliphatic rings. The van der Waals surface area contributed by atoms with Gasteiger partial charge in [0.05, 0.1) is 5.56 Å². The molecular weight excluding hydrogens is 296 g/mol. The first-order chi connectivity index (χ1) is 10.3. The third kappa shape index (κ3) is 5.79. The van der Waals surface area contributed by atoms with Gasteiger partial charge in [0, 0.05) is 29.4 Å². The number of rotatable bonds is 6. The van der Waals surface area contributed by atoms with Gasteiger partial charge in [0.2, 0.25) is 6.41 Å². The molecule has 0 aromatic carbocycles. The first kappa shape index (κ1) is 20.6. The fourth-order valence-corrected chi connectivity index (χ4v) is 2.97. The van der Waals surface area contributed by atoms with Crippen LogP contribution in [0.15, 0.2) is 6.07 Å². The summed E-state index contributed by atoms with van der Waals surface area (Å²) in [4.78, 5) is 26.9. The highest BCUT2D eigenvalue weighted by atomic mass is 32.1. The van der Waals surface area contributed by atoms with Crippen LogP contribution in [0, 0.1) is 6.92 Å². The largest absolute Gasteiger partial charge is 0.357 e. The number of amides is 2. The molecule has 126 valence electrons. The van der Waals surface area contributed by atoms with Gasteiger partial charge in [-0.15, -0.1) is 11.3 Å². The number of aryl methyl sites for hydroxylation is 1. The van der Waals surface area contributed by atoms with E-state index in [9.17, 15) is 9.59 Å². The summed E-state index contributed by atoms with van der Waals surface area (Å²) >= 11 is 1.69. The fourth-order valence-electron chi connectivity index (χ4n) is 1.90. The highest BCUT2D eigenvalue weighted by Crippen LogP contribution is 2.32. The van der Waals surface area contributed by atoms with E-state index in [1.165, 1.54) is 4.88 Å². The predicted molar refractivity (Wildman–Crippen MR) is 94.7 cm³/mol. The zero-order chi connectivity index (χ0) is 17.3. The monoisotopic (exact) mass is 326 g/mol. The topological polar surface area (TPSA) is 49.4 Å². The molecule has 0 aliphatic heterocycles. The van der Waals surface area contributed by atoms with Crippen LogP contribution in [-0.2, 0) is 10.2 Å². The van der Waals surface area contributed by atoms with Crippen molar-refractivity contribution in [2.75, 3.05) is 19.6 Å². The molecule has 0 spiro atoms. The van der Waals surface area contributed by atoms with E-state index >= 15 is 0 Å². The van der Waals surface area contributed by atoms with Gasteiger partial charge in [0.1, 0.15) is 0 Å². The predicted octanol–water partition coefficient (Wildman–Crippen LogP) is 3.59. The Kier molecular flexibility index (Phi) is 9.02. The molecule has 1 N–H and O–H groups in total. The lowest BCUT2D eigenvalue weighted by Gasteiger charge is -2.20. The van der Waals surface area contributed by atoms with Gasteiger partial charge < -0.3 is 10.2 Å². The number of hydrogen-bond acceptors (Lipinski definition) is 3. The second kappa shape index (κ2) is 9.62. The van der Waals surface area contributed by atoms with Crippen LogP contribution in [-0.4, -0.2) is 36.9 Å². The van der Waals surface area contributed by atoms with E-state index in [1.807, 2.05) is 33.8 Å². The van der Waals surface area contributed by atoms with Gasteiger partial charge in [-0.05, 0) is 25.3 Å². The van der Waals surface area contributed by atoms with Crippen LogP contribution in [0.2, 0.25) is 0 Å². The average molecular weight is 327 g/mol. The van der Waals surface area contributed by atoms with Crippen molar-refractivity contribution in [3.63, 3.8) is 0 Å². The lowest BCUT2D eigenvalue weighted by molar-refractivity contribution is -0.109. The quantitative estimate of drug-likeness (QED) is 0.641. The summed E-state index contributed by atoms with van der Waals surface area (Å²) in [5, 5.41) is 2.59. The smallest absolute Gasteiger partial charge is 0.255 e. The molecule has 0 unspecified atom stereocenters. The van der Waals surface area contributed by atoms with E-state index in [0.29, 0.717) is 26.0 Å². The van der Waals surface area contributed by atoms with Gasteiger partial charge in [0.15, 0.2) is 0 Å². The van der Waals surface area contributed by atoms with E-state index < -0.39 is 0 Å². The molecule has 2 amide bonds. The summed E-state index contributed by atoms with van der Waals surface area (Å²) in [6, 6.07) is 2.01. The third-order valence-corrected chi connectivity index (χ3v) is 4.64. The molecule has 0 fully saturated rings. The molecule has 1 heterocycles. The fraction of sp³-hybridized carbons (Fsp3) is 0.647. The minimum absolute atomic E-state index is 0.0458. The minimum atomic E-state index is 0.0458. The number of nitrogens with zero attached hydrogens (tertiary/aromatic N) is 1. The second-order valence-electron chi connectivity index (χ2n) is 5.79. The van der Waals surface area contributed by atoms with Gasteiger partial charge in [-0.3, -0.25) is 9.59 Å². The maximum absolute atomic E-state index is 12.5. The Morgan fingerprint density at radius 3 is 2.36 bits per heavy atom. The van der Waals surface area contributed by atoms with Crippen molar-refractivity contribution < 1.29 is 9.59 Å². The summed E-state index contributed by atoms with van der Waals surface area (Å²) in [6.45, 7) is 16.1. The number of carbonyl (C=O) groups is 2. The molecule has 1 aromatic rings. The van der Waals surface area contributed by atoms with E-state index in [0.717, 1.165) is 10.4 Å². The lowest BCUT2D eigenvalue weighted by atomic mass is 9.94. The molecule has 22 heavy (non-hydrogen) atoms. The first-order valence-electron chi connectivity index (χ1n) is 7.88. The van der Waals surface area contributed by atoms with Crippen LogP contribution in [0.4, 0.5) is 0 Å². The number of likely N-dealkylation sites (N-methyl/N-ethyl adjacent to an activating group) is 1. The third-order valence-electron chi connectivity index (χ3n) is 3.17. The molecule has 0 radical (unpaired) electrons. The van der Waals surface area contributed by atoms with Crippen molar-refractivity contribution >= 4 is 23.7 Å². The lowest BCUT2D eigenvalue weighted by Crippen LogP contribution is -2.36. The van der Waals surface area contributed by atoms with E-state index in [4.69, 9.17) is 0 Å². The van der Waals surface area contributed by atoms with Crippen LogP contribution in [0.1, 0.15) is 61.7 Å². The van der Waals surface area contributed by atoms with Crippen molar-refractivity contribution in [3.8, 4) is 0 Å². The Bertz CT molecular complexity index is 475. The summed E-state index contributed by atoms with van der Waals surface area (Å²) in [5.74, 6) is 0.0458. The van der Waals surface area contributed by atoms with E-state index in [1.54, 1.807) is 16.2 Å². The highest BCUT2D eigenvalue weighted by Gasteiger charge is 2.23. The second-order valence-corrected chi connectivity index (χ2v) is 7.04. The summed E-state index contributed by atoms with van der Waals surface area (Å²) in [5.41, 5.74) is 0.845. The average Bonchev–Trinajstić information content (AvgIpc) is 2.87. The molecule has 4 nitrogen and oxygen atoms in total. The Morgan fingerprint density at radius 1 is 1.36 bits per heavy atom. The maximum Gasteiger partial charge on any atom is 0.255 e. The zero-order valence-corrected chi connectivity index (χ0v) is 15.8. The van der Waals surface area contributed by atoms with Crippen molar-refractivity contribution in [1.29, 1.82) is 0 Å². The number of nitrogens with one attached hydrogen (secondary N) is 1. The summed E-state index contributed by atoms with van der Waals surface area (Å²) < 4.78 is 0. The molecule has 0 aliphatic carbocycles. The van der Waals surface area contributed by atoms with Gasteiger partial charge >= 0.3 is 0 Å². The van der Waals surface area contributed by atoms with Crippen LogP contribution < -0.4 is 5.32 Å². The number of hydrogen-bond donors (Lipinski definition) is 1. The number of carbonyl (C=O) groups excluding carboxylic acids is 2. The van der Waals surface area contributed by atoms with Crippen LogP contribution in [0.25, 0.3) is 0 Å². The maximum atomic E-state index is 12.5. The van der Waals surface area contributed by atoms with Crippen molar-refractivity contribution in [2.24, 2.45) is 0 Å². The molecule has 5 heteroatoms. The normalized spacial score (nSPS) is 10.5. The molecule has 1 rings (SSSR count). The molecule has 0 bridgehead atoms. The molecular formula is C17H30N2O2S. The van der Waals surface area contributed by atoms with Crippen molar-refractivity contribution in [2.45, 2.75) is 53.9 Å². The first-order valence-corrected chi connectivity index (χ1v) is 8.70. The Morgan fingerprint density at radius 2 is 1.95 bits per heavy atom. The molecule has 0 saturated carbocycles. The van der Waals surface area contributed by atoms with Crippen molar-refractivity contribution in [3.05, 3.63) is 21.4 Å². The van der Waals surface area contributed by atoms with Gasteiger partial charge in [0.25, 0.3) is 5.91 Å². The van der Waals surface area contributed by atoms with Crippen LogP contribution in [0.5, 0.6) is 0 Å². The minimum Gasteiger partial charge on any atom is -0.357 e. The Balaban J connectivity index is 0.00000211. The Labute approximate surface area is 138 Å². The zero-order valence-electron chi connectivity index (χ0n) is 14.9.